The Morgan fingerprint density at radius 1 is 0.846 bits per heavy atom. The van der Waals surface area contributed by atoms with Gasteiger partial charge in [-0.15, -0.1) is 0 Å². The molecule has 62 valence electrons. The molecule has 2 aliphatic carbocycles. The highest BCUT2D eigenvalue weighted by molar-refractivity contribution is 6.31. The molecule has 1 aromatic carbocycles. The molecule has 0 aromatic heterocycles. The van der Waals surface area contributed by atoms with Crippen molar-refractivity contribution in [3.8, 4) is 0 Å². The van der Waals surface area contributed by atoms with E-state index >= 15 is 0 Å². The van der Waals surface area contributed by atoms with Crippen molar-refractivity contribution in [2.75, 3.05) is 0 Å². The van der Waals surface area contributed by atoms with E-state index in [-0.39, 0.29) is 11.6 Å². The van der Waals surface area contributed by atoms with E-state index in [4.69, 9.17) is 0 Å². The molecule has 13 heavy (non-hydrogen) atoms. The van der Waals surface area contributed by atoms with E-state index in [1.165, 1.54) is 0 Å². The van der Waals surface area contributed by atoms with Crippen LogP contribution in [0, 0.1) is 0 Å². The van der Waals surface area contributed by atoms with E-state index in [9.17, 15) is 9.59 Å². The van der Waals surface area contributed by atoms with Crippen LogP contribution >= 0.6 is 0 Å². The van der Waals surface area contributed by atoms with Crippen molar-refractivity contribution in [3.05, 3.63) is 46.5 Å². The van der Waals surface area contributed by atoms with Crippen LogP contribution < -0.4 is 0 Å². The van der Waals surface area contributed by atoms with Crippen molar-refractivity contribution in [2.24, 2.45) is 0 Å². The molecular formula is C11H6O2. The number of carbonyl (C=O) groups excluding carboxylic acids is 2. The van der Waals surface area contributed by atoms with Crippen LogP contribution in [-0.4, -0.2) is 11.6 Å². The molecule has 2 aliphatic rings. The highest BCUT2D eigenvalue weighted by atomic mass is 16.1. The van der Waals surface area contributed by atoms with Gasteiger partial charge in [-0.3, -0.25) is 9.59 Å². The fourth-order valence-corrected chi connectivity index (χ4v) is 1.77. The zero-order valence-electron chi connectivity index (χ0n) is 6.83. The summed E-state index contributed by atoms with van der Waals surface area (Å²) in [6.45, 7) is 0. The molecule has 0 amide bonds. The highest BCUT2D eigenvalue weighted by Gasteiger charge is 2.40. The first-order chi connectivity index (χ1) is 6.29. The molecule has 2 nitrogen and oxygen atoms in total. The van der Waals surface area contributed by atoms with Crippen molar-refractivity contribution >= 4 is 11.6 Å². The summed E-state index contributed by atoms with van der Waals surface area (Å²) in [6.07, 6.45) is 0.604. The van der Waals surface area contributed by atoms with E-state index in [0.717, 1.165) is 11.1 Å². The van der Waals surface area contributed by atoms with Crippen LogP contribution in [-0.2, 0) is 0 Å². The second-order valence-corrected chi connectivity index (χ2v) is 3.34. The summed E-state index contributed by atoms with van der Waals surface area (Å²) in [5.41, 5.74) is 2.60. The average Bonchev–Trinajstić information content (AvgIpc) is 2.94. The largest absolute Gasteiger partial charge is 0.289 e. The smallest absolute Gasteiger partial charge is 0.190 e. The molecule has 0 fully saturated rings. The van der Waals surface area contributed by atoms with Gasteiger partial charge in [0.25, 0.3) is 0 Å². The van der Waals surface area contributed by atoms with Gasteiger partial charge in [0.15, 0.2) is 11.6 Å². The van der Waals surface area contributed by atoms with Gasteiger partial charge in [0.05, 0.1) is 0 Å². The topological polar surface area (TPSA) is 34.1 Å². The molecule has 3 rings (SSSR count). The number of carbonyl (C=O) groups is 2. The predicted octanol–water partition coefficient (Wildman–Crippen LogP) is 1.77. The van der Waals surface area contributed by atoms with Gasteiger partial charge in [0.1, 0.15) is 0 Å². The number of ketones is 2. The lowest BCUT2D eigenvalue weighted by Crippen LogP contribution is -2.10. The lowest BCUT2D eigenvalue weighted by molar-refractivity contribution is 0.0994. The van der Waals surface area contributed by atoms with E-state index in [1.807, 2.05) is 0 Å². The predicted molar refractivity (Wildman–Crippen MR) is 46.7 cm³/mol. The summed E-state index contributed by atoms with van der Waals surface area (Å²) in [6, 6.07) is 7.02. The maximum atomic E-state index is 11.6. The van der Waals surface area contributed by atoms with Crippen LogP contribution in [0.5, 0.6) is 0 Å². The van der Waals surface area contributed by atoms with Crippen molar-refractivity contribution in [2.45, 2.75) is 6.42 Å². The molecular weight excluding hydrogens is 164 g/mol. The van der Waals surface area contributed by atoms with Crippen LogP contribution in [0.15, 0.2) is 35.4 Å². The second-order valence-electron chi connectivity index (χ2n) is 3.34. The first kappa shape index (κ1) is 6.78. The summed E-state index contributed by atoms with van der Waals surface area (Å²) < 4.78 is 0. The quantitative estimate of drug-likeness (QED) is 0.594. The Hall–Kier alpha value is -1.70. The number of hydrogen-bond donors (Lipinski definition) is 0. The van der Waals surface area contributed by atoms with Gasteiger partial charge >= 0.3 is 0 Å². The Morgan fingerprint density at radius 3 is 1.77 bits per heavy atom. The number of Topliss-reactive ketones (excluding diaryl/α,β-unsaturated/α-hetero) is 2. The second kappa shape index (κ2) is 1.96. The Bertz CT molecular complexity index is 438. The van der Waals surface area contributed by atoms with Crippen molar-refractivity contribution < 1.29 is 9.59 Å². The van der Waals surface area contributed by atoms with Crippen LogP contribution in [0.1, 0.15) is 27.1 Å². The lowest BCUT2D eigenvalue weighted by Gasteiger charge is -2.06. The van der Waals surface area contributed by atoms with Crippen LogP contribution in [0.4, 0.5) is 0 Å². The van der Waals surface area contributed by atoms with Crippen molar-refractivity contribution in [3.63, 3.8) is 0 Å². The third-order valence-corrected chi connectivity index (χ3v) is 2.56. The highest BCUT2D eigenvalue weighted by Crippen LogP contribution is 2.41. The van der Waals surface area contributed by atoms with E-state index in [0.29, 0.717) is 17.5 Å². The van der Waals surface area contributed by atoms with Gasteiger partial charge in [0.2, 0.25) is 0 Å². The first-order valence-electron chi connectivity index (χ1n) is 4.19. The standard InChI is InChI=1S/C11H6O2/c12-10-6-3-1-2-4-7(6)11(13)9-5-8(9)10/h1-4H,5H2. The number of benzene rings is 1. The fourth-order valence-electron chi connectivity index (χ4n) is 1.77. The summed E-state index contributed by atoms with van der Waals surface area (Å²) in [5.74, 6) is 0.0930. The van der Waals surface area contributed by atoms with Gasteiger partial charge < -0.3 is 0 Å². The molecule has 0 saturated carbocycles. The van der Waals surface area contributed by atoms with E-state index < -0.39 is 0 Å². The normalized spacial score (nSPS) is 18.5. The number of hydrogen-bond acceptors (Lipinski definition) is 2. The molecule has 0 unspecified atom stereocenters. The zero-order chi connectivity index (χ0) is 9.00. The SMILES string of the molecule is O=C1C2=C(C2)C(=O)c2ccccc21. The molecule has 1 aromatic rings. The van der Waals surface area contributed by atoms with Crippen LogP contribution in [0.25, 0.3) is 0 Å². The summed E-state index contributed by atoms with van der Waals surface area (Å²) in [7, 11) is 0. The molecule has 0 radical (unpaired) electrons. The van der Waals surface area contributed by atoms with Gasteiger partial charge in [-0.25, -0.2) is 0 Å². The van der Waals surface area contributed by atoms with Crippen LogP contribution in [0.2, 0.25) is 0 Å². The third-order valence-electron chi connectivity index (χ3n) is 2.56. The Labute approximate surface area is 74.9 Å². The van der Waals surface area contributed by atoms with Crippen molar-refractivity contribution in [1.29, 1.82) is 0 Å². The molecule has 0 heterocycles. The molecule has 0 aliphatic heterocycles. The number of fused-ring (bicyclic) bond motifs is 1. The number of rotatable bonds is 0. The summed E-state index contributed by atoms with van der Waals surface area (Å²) >= 11 is 0. The van der Waals surface area contributed by atoms with E-state index in [2.05, 4.69) is 0 Å². The van der Waals surface area contributed by atoms with Crippen molar-refractivity contribution in [1.82, 2.24) is 0 Å². The molecule has 2 heteroatoms. The molecule has 0 atom stereocenters. The van der Waals surface area contributed by atoms with E-state index in [1.54, 1.807) is 24.3 Å². The lowest BCUT2D eigenvalue weighted by atomic mass is 9.95. The minimum absolute atomic E-state index is 0.0465. The van der Waals surface area contributed by atoms with Crippen LogP contribution in [0.3, 0.4) is 0 Å². The Morgan fingerprint density at radius 2 is 1.31 bits per heavy atom. The molecule has 0 N–H and O–H groups in total. The Kier molecular flexibility index (Phi) is 1.02. The van der Waals surface area contributed by atoms with Gasteiger partial charge in [0, 0.05) is 28.7 Å². The molecule has 0 spiro atoms. The fraction of sp³-hybridized carbons (Fsp3) is 0.0909. The van der Waals surface area contributed by atoms with Gasteiger partial charge in [-0.05, 0) is 0 Å². The average molecular weight is 170 g/mol. The molecule has 0 bridgehead atoms. The monoisotopic (exact) mass is 170 g/mol. The minimum atomic E-state index is 0.0465. The first-order valence-corrected chi connectivity index (χ1v) is 4.19. The maximum Gasteiger partial charge on any atom is 0.190 e. The summed E-state index contributed by atoms with van der Waals surface area (Å²) in [5, 5.41) is 0. The number of allylic oxidation sites excluding steroid dienone is 2. The molecule has 0 saturated heterocycles. The third kappa shape index (κ3) is 0.724. The Balaban J connectivity index is 2.32. The minimum Gasteiger partial charge on any atom is -0.289 e. The summed E-state index contributed by atoms with van der Waals surface area (Å²) in [4.78, 5) is 23.2. The maximum absolute atomic E-state index is 11.6. The zero-order valence-corrected chi connectivity index (χ0v) is 6.83. The van der Waals surface area contributed by atoms with Gasteiger partial charge in [-0.2, -0.15) is 0 Å². The van der Waals surface area contributed by atoms with Gasteiger partial charge in [-0.1, -0.05) is 24.3 Å².